The normalized spacial score (nSPS) is 15.7. The molecule has 1 aromatic rings. The van der Waals surface area contributed by atoms with Crippen molar-refractivity contribution >= 4 is 29.1 Å². The summed E-state index contributed by atoms with van der Waals surface area (Å²) in [5.74, 6) is 0.00406. The van der Waals surface area contributed by atoms with Crippen molar-refractivity contribution in [2.45, 2.75) is 19.8 Å². The Morgan fingerprint density at radius 1 is 1.19 bits per heavy atom. The Bertz CT molecular complexity index is 548. The highest BCUT2D eigenvalue weighted by molar-refractivity contribution is 6.36. The molecule has 1 aromatic carbocycles. The number of amides is 2. The Kier molecular flexibility index (Phi) is 5.07. The van der Waals surface area contributed by atoms with Gasteiger partial charge in [0.1, 0.15) is 0 Å². The number of nitrogen functional groups attached to an aromatic ring is 1. The second kappa shape index (κ2) is 6.80. The molecule has 114 valence electrons. The van der Waals surface area contributed by atoms with Crippen LogP contribution >= 0.6 is 11.6 Å². The van der Waals surface area contributed by atoms with Crippen molar-refractivity contribution in [3.8, 4) is 0 Å². The first kappa shape index (κ1) is 15.6. The first-order valence-corrected chi connectivity index (χ1v) is 7.53. The highest BCUT2D eigenvalue weighted by Crippen LogP contribution is 2.24. The zero-order valence-corrected chi connectivity index (χ0v) is 12.9. The van der Waals surface area contributed by atoms with E-state index in [0.717, 1.165) is 6.42 Å². The van der Waals surface area contributed by atoms with Gasteiger partial charge in [-0.25, -0.2) is 0 Å². The van der Waals surface area contributed by atoms with Crippen molar-refractivity contribution < 1.29 is 9.59 Å². The van der Waals surface area contributed by atoms with Gasteiger partial charge in [0, 0.05) is 32.6 Å². The van der Waals surface area contributed by atoms with Gasteiger partial charge in [-0.1, -0.05) is 24.6 Å². The average Bonchev–Trinajstić information content (AvgIpc) is 2.74. The summed E-state index contributed by atoms with van der Waals surface area (Å²) in [7, 11) is 0. The topological polar surface area (TPSA) is 66.6 Å². The van der Waals surface area contributed by atoms with Crippen LogP contribution in [0.5, 0.6) is 0 Å². The van der Waals surface area contributed by atoms with Gasteiger partial charge < -0.3 is 15.5 Å². The van der Waals surface area contributed by atoms with Crippen molar-refractivity contribution in [1.82, 2.24) is 9.80 Å². The number of hydrogen-bond acceptors (Lipinski definition) is 3. The number of nitrogens with two attached hydrogens (primary N) is 1. The molecule has 2 N–H and O–H groups in total. The van der Waals surface area contributed by atoms with Gasteiger partial charge in [0.25, 0.3) is 5.91 Å². The van der Waals surface area contributed by atoms with Crippen molar-refractivity contribution in [3.05, 3.63) is 28.8 Å². The number of rotatable bonds is 2. The van der Waals surface area contributed by atoms with Crippen LogP contribution < -0.4 is 5.73 Å². The molecule has 1 saturated heterocycles. The molecule has 1 heterocycles. The molecule has 0 unspecified atom stereocenters. The van der Waals surface area contributed by atoms with E-state index in [2.05, 4.69) is 0 Å². The number of nitrogens with zero attached hydrogens (tertiary/aromatic N) is 2. The Balaban J connectivity index is 2.10. The Hall–Kier alpha value is -1.75. The lowest BCUT2D eigenvalue weighted by molar-refractivity contribution is -0.130. The fourth-order valence-corrected chi connectivity index (χ4v) is 2.69. The summed E-state index contributed by atoms with van der Waals surface area (Å²) in [5, 5.41) is 0.299. The summed E-state index contributed by atoms with van der Waals surface area (Å²) in [5.41, 5.74) is 6.57. The van der Waals surface area contributed by atoms with Crippen LogP contribution in [0.1, 0.15) is 30.1 Å². The van der Waals surface area contributed by atoms with Crippen LogP contribution in [0.25, 0.3) is 0 Å². The minimum absolute atomic E-state index is 0.127. The van der Waals surface area contributed by atoms with Gasteiger partial charge in [-0.15, -0.1) is 0 Å². The van der Waals surface area contributed by atoms with Crippen molar-refractivity contribution in [2.24, 2.45) is 0 Å². The molecular formula is C15H20ClN3O2. The Labute approximate surface area is 129 Å². The molecule has 1 aliphatic rings. The molecule has 0 radical (unpaired) electrons. The molecule has 0 aromatic heterocycles. The zero-order valence-electron chi connectivity index (χ0n) is 12.1. The minimum atomic E-state index is -0.127. The molecule has 6 heteroatoms. The number of halogens is 1. The third-order valence-electron chi connectivity index (χ3n) is 3.70. The second-order valence-electron chi connectivity index (χ2n) is 5.09. The minimum Gasteiger partial charge on any atom is -0.398 e. The van der Waals surface area contributed by atoms with Gasteiger partial charge in [0.15, 0.2) is 0 Å². The van der Waals surface area contributed by atoms with Crippen molar-refractivity contribution in [3.63, 3.8) is 0 Å². The summed E-state index contributed by atoms with van der Waals surface area (Å²) < 4.78 is 0. The fraction of sp³-hybridized carbons (Fsp3) is 0.467. The molecular weight excluding hydrogens is 290 g/mol. The maximum absolute atomic E-state index is 12.6. The number of hydrogen-bond donors (Lipinski definition) is 1. The van der Waals surface area contributed by atoms with E-state index < -0.39 is 0 Å². The standard InChI is InChI=1S/C15H20ClN3O2/c1-2-13(20)18-7-4-8-19(10-9-18)15(21)11-5-3-6-12(17)14(11)16/h3,5-6H,2,4,7-10,17H2,1H3. The van der Waals surface area contributed by atoms with E-state index in [0.29, 0.717) is 48.9 Å². The van der Waals surface area contributed by atoms with Crippen LogP contribution in [-0.4, -0.2) is 47.8 Å². The summed E-state index contributed by atoms with van der Waals surface area (Å²) in [6, 6.07) is 5.07. The van der Waals surface area contributed by atoms with E-state index >= 15 is 0 Å². The first-order chi connectivity index (χ1) is 10.0. The fourth-order valence-electron chi connectivity index (χ4n) is 2.48. The number of carbonyl (C=O) groups excluding carboxylic acids is 2. The van der Waals surface area contributed by atoms with Crippen LogP contribution in [-0.2, 0) is 4.79 Å². The van der Waals surface area contributed by atoms with Crippen LogP contribution in [0.2, 0.25) is 5.02 Å². The monoisotopic (exact) mass is 309 g/mol. The number of carbonyl (C=O) groups is 2. The third-order valence-corrected chi connectivity index (χ3v) is 4.12. The average molecular weight is 310 g/mol. The summed E-state index contributed by atoms with van der Waals surface area (Å²) in [6.07, 6.45) is 1.27. The molecule has 0 saturated carbocycles. The van der Waals surface area contributed by atoms with Gasteiger partial charge in [-0.05, 0) is 18.6 Å². The summed E-state index contributed by atoms with van der Waals surface area (Å²) in [4.78, 5) is 27.9. The van der Waals surface area contributed by atoms with E-state index in [1.54, 1.807) is 23.1 Å². The van der Waals surface area contributed by atoms with E-state index in [4.69, 9.17) is 17.3 Å². The van der Waals surface area contributed by atoms with Crippen LogP contribution in [0, 0.1) is 0 Å². The number of benzene rings is 1. The SMILES string of the molecule is CCC(=O)N1CCCN(C(=O)c2cccc(N)c2Cl)CC1. The smallest absolute Gasteiger partial charge is 0.255 e. The maximum atomic E-state index is 12.6. The van der Waals surface area contributed by atoms with Crippen LogP contribution in [0.3, 0.4) is 0 Å². The molecule has 0 aliphatic carbocycles. The lowest BCUT2D eigenvalue weighted by Crippen LogP contribution is -2.37. The molecule has 21 heavy (non-hydrogen) atoms. The van der Waals surface area contributed by atoms with E-state index in [9.17, 15) is 9.59 Å². The Morgan fingerprint density at radius 2 is 1.86 bits per heavy atom. The third kappa shape index (κ3) is 3.47. The Morgan fingerprint density at radius 3 is 2.57 bits per heavy atom. The molecule has 0 spiro atoms. The van der Waals surface area contributed by atoms with Crippen molar-refractivity contribution in [2.75, 3.05) is 31.9 Å². The van der Waals surface area contributed by atoms with Gasteiger partial charge in [0.05, 0.1) is 16.3 Å². The molecule has 1 aliphatic heterocycles. The first-order valence-electron chi connectivity index (χ1n) is 7.15. The van der Waals surface area contributed by atoms with Crippen LogP contribution in [0.15, 0.2) is 18.2 Å². The predicted octanol–water partition coefficient (Wildman–Crippen LogP) is 2.01. The molecule has 2 amide bonds. The zero-order chi connectivity index (χ0) is 15.4. The molecule has 0 bridgehead atoms. The largest absolute Gasteiger partial charge is 0.398 e. The quantitative estimate of drug-likeness (QED) is 0.850. The molecule has 2 rings (SSSR count). The summed E-state index contributed by atoms with van der Waals surface area (Å²) >= 11 is 6.11. The summed E-state index contributed by atoms with van der Waals surface area (Å²) in [6.45, 7) is 4.26. The molecule has 5 nitrogen and oxygen atoms in total. The van der Waals surface area contributed by atoms with Gasteiger partial charge in [0.2, 0.25) is 5.91 Å². The van der Waals surface area contributed by atoms with Crippen LogP contribution in [0.4, 0.5) is 5.69 Å². The molecule has 1 fully saturated rings. The highest BCUT2D eigenvalue weighted by Gasteiger charge is 2.23. The second-order valence-corrected chi connectivity index (χ2v) is 5.47. The predicted molar refractivity (Wildman–Crippen MR) is 83.3 cm³/mol. The van der Waals surface area contributed by atoms with Gasteiger partial charge in [-0.2, -0.15) is 0 Å². The van der Waals surface area contributed by atoms with Gasteiger partial charge in [-0.3, -0.25) is 9.59 Å². The van der Waals surface area contributed by atoms with Crippen molar-refractivity contribution in [1.29, 1.82) is 0 Å². The molecule has 0 atom stereocenters. The van der Waals surface area contributed by atoms with E-state index in [1.807, 2.05) is 11.8 Å². The van der Waals surface area contributed by atoms with E-state index in [1.165, 1.54) is 0 Å². The van der Waals surface area contributed by atoms with Gasteiger partial charge >= 0.3 is 0 Å². The van der Waals surface area contributed by atoms with E-state index in [-0.39, 0.29) is 11.8 Å². The maximum Gasteiger partial charge on any atom is 0.255 e. The lowest BCUT2D eigenvalue weighted by atomic mass is 10.1. The highest BCUT2D eigenvalue weighted by atomic mass is 35.5. The lowest BCUT2D eigenvalue weighted by Gasteiger charge is -2.22. The number of anilines is 1.